The van der Waals surface area contributed by atoms with Crippen LogP contribution in [0, 0.1) is 5.92 Å². The van der Waals surface area contributed by atoms with E-state index < -0.39 is 5.92 Å². The third-order valence-electron chi connectivity index (χ3n) is 5.64. The predicted octanol–water partition coefficient (Wildman–Crippen LogP) is 4.40. The molecule has 5 nitrogen and oxygen atoms in total. The molecule has 168 valence electrons. The first-order valence-electron chi connectivity index (χ1n) is 10.6. The van der Waals surface area contributed by atoms with Crippen molar-refractivity contribution in [3.05, 3.63) is 71.8 Å². The first-order chi connectivity index (χ1) is 15.3. The van der Waals surface area contributed by atoms with Crippen LogP contribution in [0.3, 0.4) is 0 Å². The smallest absolute Gasteiger partial charge is 0.270 e. The summed E-state index contributed by atoms with van der Waals surface area (Å²) >= 11 is 0. The molecule has 0 spiro atoms. The number of ether oxygens (including phenoxy) is 1. The lowest BCUT2D eigenvalue weighted by atomic mass is 9.98. The van der Waals surface area contributed by atoms with Gasteiger partial charge in [0.1, 0.15) is 11.5 Å². The highest BCUT2D eigenvalue weighted by molar-refractivity contribution is 6.00. The van der Waals surface area contributed by atoms with Gasteiger partial charge < -0.3 is 20.1 Å². The normalized spacial score (nSPS) is 14.4. The van der Waals surface area contributed by atoms with E-state index in [0.717, 1.165) is 24.2 Å². The van der Waals surface area contributed by atoms with E-state index in [9.17, 15) is 13.6 Å². The van der Waals surface area contributed by atoms with Crippen LogP contribution < -0.4 is 10.1 Å². The molecule has 0 radical (unpaired) electrons. The lowest BCUT2D eigenvalue weighted by Gasteiger charge is -2.39. The van der Waals surface area contributed by atoms with Crippen molar-refractivity contribution in [3.8, 4) is 11.5 Å². The highest BCUT2D eigenvalue weighted by atomic mass is 19.3. The summed E-state index contributed by atoms with van der Waals surface area (Å²) in [5, 5.41) is 13.7. The van der Waals surface area contributed by atoms with Gasteiger partial charge >= 0.3 is 0 Å². The lowest BCUT2D eigenvalue weighted by Crippen LogP contribution is -2.53. The van der Waals surface area contributed by atoms with Crippen LogP contribution >= 0.6 is 0 Å². The summed E-state index contributed by atoms with van der Waals surface area (Å²) in [6.07, 6.45) is 0. The van der Waals surface area contributed by atoms with Crippen LogP contribution in [0.4, 0.5) is 8.78 Å². The average Bonchev–Trinajstić information content (AvgIpc) is 2.74. The van der Waals surface area contributed by atoms with Gasteiger partial charge in [-0.2, -0.15) is 0 Å². The van der Waals surface area contributed by atoms with E-state index in [4.69, 9.17) is 9.84 Å². The Hall–Kier alpha value is -3.03. The van der Waals surface area contributed by atoms with E-state index in [1.807, 2.05) is 35.2 Å². The number of carbonyl (C=O) groups excluding carboxylic acids is 1. The molecule has 3 aromatic carbocycles. The molecule has 1 aliphatic heterocycles. The lowest BCUT2D eigenvalue weighted by molar-refractivity contribution is 0.0174. The summed E-state index contributed by atoms with van der Waals surface area (Å²) in [6, 6.07) is 16.8. The largest absolute Gasteiger partial charge is 0.457 e. The van der Waals surface area contributed by atoms with Gasteiger partial charge in [-0.05, 0) is 53.9 Å². The van der Waals surface area contributed by atoms with Crippen molar-refractivity contribution in [1.29, 1.82) is 0 Å². The molecule has 3 aromatic rings. The average molecular weight is 440 g/mol. The van der Waals surface area contributed by atoms with E-state index in [-0.39, 0.29) is 18.1 Å². The fraction of sp³-hybridized carbons (Fsp3) is 0.320. The van der Waals surface area contributed by atoms with Crippen molar-refractivity contribution >= 4 is 16.7 Å². The van der Waals surface area contributed by atoms with Gasteiger partial charge in [-0.3, -0.25) is 4.79 Å². The highest BCUT2D eigenvalue weighted by Gasteiger charge is 2.30. The van der Waals surface area contributed by atoms with Crippen molar-refractivity contribution in [2.24, 2.45) is 5.92 Å². The fourth-order valence-electron chi connectivity index (χ4n) is 3.85. The van der Waals surface area contributed by atoms with E-state index >= 15 is 0 Å². The summed E-state index contributed by atoms with van der Waals surface area (Å²) < 4.78 is 32.8. The van der Waals surface area contributed by atoms with Crippen LogP contribution in [0.5, 0.6) is 11.5 Å². The summed E-state index contributed by atoms with van der Waals surface area (Å²) in [6.45, 7) is 3.73. The number of likely N-dealkylation sites (tertiary alicyclic amines) is 1. The minimum atomic E-state index is -2.90. The van der Waals surface area contributed by atoms with Crippen LogP contribution in [0.15, 0.2) is 60.7 Å². The van der Waals surface area contributed by atoms with Gasteiger partial charge in [0.25, 0.3) is 11.8 Å². The number of hydrogen-bond acceptors (Lipinski definition) is 4. The van der Waals surface area contributed by atoms with Crippen molar-refractivity contribution < 1.29 is 23.4 Å². The number of halogens is 2. The van der Waals surface area contributed by atoms with E-state index in [1.54, 1.807) is 6.07 Å². The second-order valence-corrected chi connectivity index (χ2v) is 8.21. The number of aliphatic hydroxyl groups excluding tert-OH is 1. The first kappa shape index (κ1) is 22.2. The molecule has 0 bridgehead atoms. The molecular formula is C25H26F2N2O3. The van der Waals surface area contributed by atoms with Gasteiger partial charge in [-0.15, -0.1) is 0 Å². The quantitative estimate of drug-likeness (QED) is 0.510. The number of nitrogens with zero attached hydrogens (tertiary/aromatic N) is 1. The molecule has 0 aliphatic carbocycles. The molecule has 1 aliphatic rings. The first-order valence-corrected chi connectivity index (χ1v) is 10.6. The maximum atomic E-state index is 13.4. The summed E-state index contributed by atoms with van der Waals surface area (Å²) in [7, 11) is 0. The minimum absolute atomic E-state index is 0.00675. The van der Waals surface area contributed by atoms with Crippen molar-refractivity contribution in [1.82, 2.24) is 10.2 Å². The Morgan fingerprint density at radius 3 is 2.59 bits per heavy atom. The summed E-state index contributed by atoms with van der Waals surface area (Å²) in [5.41, 5.74) is 0.550. The monoisotopic (exact) mass is 440 g/mol. The van der Waals surface area contributed by atoms with Crippen molar-refractivity contribution in [3.63, 3.8) is 0 Å². The molecule has 0 atom stereocenters. The molecule has 1 fully saturated rings. The third-order valence-corrected chi connectivity index (χ3v) is 5.64. The summed E-state index contributed by atoms with van der Waals surface area (Å²) in [5.74, 6) is -1.44. The van der Waals surface area contributed by atoms with Crippen LogP contribution in [-0.2, 0) is 5.92 Å². The number of carbonyl (C=O) groups is 1. The molecule has 7 heteroatoms. The Kier molecular flexibility index (Phi) is 6.39. The SMILES string of the molecule is CC(F)(F)c1ccc(Oc2cccc3cc(C(=O)N4CC(CNCCO)C4)ccc23)cc1. The molecule has 4 rings (SSSR count). The van der Waals surface area contributed by atoms with Crippen LogP contribution in [0.2, 0.25) is 0 Å². The zero-order chi connectivity index (χ0) is 22.7. The number of benzene rings is 3. The molecular weight excluding hydrogens is 414 g/mol. The Labute approximate surface area is 185 Å². The second-order valence-electron chi connectivity index (χ2n) is 8.21. The zero-order valence-corrected chi connectivity index (χ0v) is 17.9. The topological polar surface area (TPSA) is 61.8 Å². The molecule has 1 saturated heterocycles. The highest BCUT2D eigenvalue weighted by Crippen LogP contribution is 2.33. The summed E-state index contributed by atoms with van der Waals surface area (Å²) in [4.78, 5) is 14.6. The third kappa shape index (κ3) is 4.89. The van der Waals surface area contributed by atoms with Crippen LogP contribution in [0.25, 0.3) is 10.8 Å². The second kappa shape index (κ2) is 9.22. The minimum Gasteiger partial charge on any atom is -0.457 e. The van der Waals surface area contributed by atoms with Gasteiger partial charge in [-0.1, -0.05) is 12.1 Å². The molecule has 0 aromatic heterocycles. The van der Waals surface area contributed by atoms with Crippen molar-refractivity contribution in [2.45, 2.75) is 12.8 Å². The van der Waals surface area contributed by atoms with E-state index in [1.165, 1.54) is 24.3 Å². The van der Waals surface area contributed by atoms with Crippen molar-refractivity contribution in [2.75, 3.05) is 32.8 Å². The maximum absolute atomic E-state index is 13.4. The molecule has 1 heterocycles. The van der Waals surface area contributed by atoms with Gasteiger partial charge in [0.05, 0.1) is 6.61 Å². The number of amides is 1. The van der Waals surface area contributed by atoms with Gasteiger partial charge in [0, 0.05) is 55.5 Å². The van der Waals surface area contributed by atoms with E-state index in [2.05, 4.69) is 5.32 Å². The Bertz CT molecular complexity index is 1090. The standard InChI is InChI=1S/C25H26F2N2O3/c1-25(26,27)20-6-8-21(9-7-20)32-23-4-2-3-18-13-19(5-10-22(18)23)24(31)29-15-17(16-29)14-28-11-12-30/h2-10,13,17,28,30H,11-12,14-16H2,1H3. The van der Waals surface area contributed by atoms with E-state index in [0.29, 0.717) is 42.6 Å². The molecule has 0 saturated carbocycles. The van der Waals surface area contributed by atoms with Crippen LogP contribution in [-0.4, -0.2) is 48.7 Å². The number of nitrogens with one attached hydrogen (secondary N) is 1. The maximum Gasteiger partial charge on any atom is 0.270 e. The predicted molar refractivity (Wildman–Crippen MR) is 119 cm³/mol. The molecule has 0 unspecified atom stereocenters. The molecule has 32 heavy (non-hydrogen) atoms. The van der Waals surface area contributed by atoms with Crippen LogP contribution in [0.1, 0.15) is 22.8 Å². The van der Waals surface area contributed by atoms with Gasteiger partial charge in [0.15, 0.2) is 0 Å². The Morgan fingerprint density at radius 1 is 1.16 bits per heavy atom. The fourth-order valence-corrected chi connectivity index (χ4v) is 3.85. The number of fused-ring (bicyclic) bond motifs is 1. The molecule has 1 amide bonds. The number of hydrogen-bond donors (Lipinski definition) is 2. The zero-order valence-electron chi connectivity index (χ0n) is 17.9. The number of aliphatic hydroxyl groups is 1. The van der Waals surface area contributed by atoms with Gasteiger partial charge in [-0.25, -0.2) is 8.78 Å². The number of alkyl halides is 2. The Balaban J connectivity index is 1.45. The number of rotatable bonds is 8. The Morgan fingerprint density at radius 2 is 1.91 bits per heavy atom. The molecule has 2 N–H and O–H groups in total. The van der Waals surface area contributed by atoms with Gasteiger partial charge in [0.2, 0.25) is 0 Å².